The highest BCUT2D eigenvalue weighted by Gasteiger charge is 2.04. The highest BCUT2D eigenvalue weighted by Crippen LogP contribution is 2.20. The molecular weight excluding hydrogens is 211 g/mol. The SMILES string of the molecule is Fc1ccccc1Cc1ccccc1Cl. The largest absolute Gasteiger partial charge is 0.207 e. The molecule has 0 aliphatic rings. The van der Waals surface area contributed by atoms with E-state index in [0.717, 1.165) is 5.56 Å². The maximum absolute atomic E-state index is 13.4. The standard InChI is InChI=1S/C13H10ClF/c14-12-7-3-1-5-10(12)9-11-6-2-4-8-13(11)15/h1-8H,9H2. The minimum absolute atomic E-state index is 0.183. The lowest BCUT2D eigenvalue weighted by Crippen LogP contribution is -1.92. The first-order valence-electron chi connectivity index (χ1n) is 4.74. The molecule has 15 heavy (non-hydrogen) atoms. The molecule has 0 unspecified atom stereocenters. The first kappa shape index (κ1) is 10.2. The van der Waals surface area contributed by atoms with E-state index in [1.807, 2.05) is 30.3 Å². The first-order chi connectivity index (χ1) is 7.27. The maximum atomic E-state index is 13.4. The summed E-state index contributed by atoms with van der Waals surface area (Å²) in [5, 5.41) is 0.681. The summed E-state index contributed by atoms with van der Waals surface area (Å²) in [4.78, 5) is 0. The Kier molecular flexibility index (Phi) is 3.02. The van der Waals surface area contributed by atoms with E-state index in [1.54, 1.807) is 12.1 Å². The van der Waals surface area contributed by atoms with Crippen molar-refractivity contribution in [1.82, 2.24) is 0 Å². The van der Waals surface area contributed by atoms with Gasteiger partial charge in [0, 0.05) is 11.4 Å². The molecule has 0 nitrogen and oxygen atoms in total. The lowest BCUT2D eigenvalue weighted by molar-refractivity contribution is 0.614. The van der Waals surface area contributed by atoms with Gasteiger partial charge in [-0.1, -0.05) is 48.0 Å². The van der Waals surface area contributed by atoms with Crippen LogP contribution in [0.25, 0.3) is 0 Å². The zero-order chi connectivity index (χ0) is 10.7. The predicted molar refractivity (Wildman–Crippen MR) is 60.7 cm³/mol. The minimum Gasteiger partial charge on any atom is -0.207 e. The second kappa shape index (κ2) is 4.45. The van der Waals surface area contributed by atoms with Gasteiger partial charge in [0.1, 0.15) is 5.82 Å². The quantitative estimate of drug-likeness (QED) is 0.716. The van der Waals surface area contributed by atoms with E-state index in [2.05, 4.69) is 0 Å². The van der Waals surface area contributed by atoms with Crippen molar-refractivity contribution in [3.05, 3.63) is 70.5 Å². The molecule has 0 heterocycles. The van der Waals surface area contributed by atoms with Gasteiger partial charge in [0.2, 0.25) is 0 Å². The fourth-order valence-electron chi connectivity index (χ4n) is 1.49. The molecule has 0 amide bonds. The van der Waals surface area contributed by atoms with E-state index in [4.69, 9.17) is 11.6 Å². The van der Waals surface area contributed by atoms with Crippen LogP contribution in [0, 0.1) is 5.82 Å². The van der Waals surface area contributed by atoms with E-state index in [0.29, 0.717) is 17.0 Å². The molecule has 0 bridgehead atoms. The summed E-state index contributed by atoms with van der Waals surface area (Å²) in [6, 6.07) is 14.3. The Hall–Kier alpha value is -1.34. The van der Waals surface area contributed by atoms with Gasteiger partial charge in [0.25, 0.3) is 0 Å². The molecule has 0 atom stereocenters. The molecule has 0 aliphatic heterocycles. The molecule has 0 aromatic heterocycles. The van der Waals surface area contributed by atoms with Crippen molar-refractivity contribution in [3.8, 4) is 0 Å². The molecule has 2 aromatic carbocycles. The monoisotopic (exact) mass is 220 g/mol. The molecule has 76 valence electrons. The van der Waals surface area contributed by atoms with Gasteiger partial charge in [-0.2, -0.15) is 0 Å². The van der Waals surface area contributed by atoms with Crippen LogP contribution in [0.5, 0.6) is 0 Å². The Morgan fingerprint density at radius 1 is 0.867 bits per heavy atom. The van der Waals surface area contributed by atoms with Gasteiger partial charge < -0.3 is 0 Å². The maximum Gasteiger partial charge on any atom is 0.126 e. The molecule has 0 fully saturated rings. The summed E-state index contributed by atoms with van der Waals surface area (Å²) >= 11 is 6.00. The van der Waals surface area contributed by atoms with E-state index >= 15 is 0 Å². The Labute approximate surface area is 93.3 Å². The normalized spacial score (nSPS) is 10.3. The second-order valence-corrected chi connectivity index (χ2v) is 3.77. The average molecular weight is 221 g/mol. The Balaban J connectivity index is 2.30. The lowest BCUT2D eigenvalue weighted by atomic mass is 10.0. The molecule has 0 saturated heterocycles. The Morgan fingerprint density at radius 2 is 1.47 bits per heavy atom. The summed E-state index contributed by atoms with van der Waals surface area (Å²) in [7, 11) is 0. The van der Waals surface area contributed by atoms with Crippen molar-refractivity contribution >= 4 is 11.6 Å². The molecule has 0 aliphatic carbocycles. The Bertz CT molecular complexity index is 422. The van der Waals surface area contributed by atoms with Gasteiger partial charge in [-0.15, -0.1) is 0 Å². The number of halogens is 2. The van der Waals surface area contributed by atoms with Crippen LogP contribution in [-0.2, 0) is 6.42 Å². The second-order valence-electron chi connectivity index (χ2n) is 3.36. The molecule has 0 spiro atoms. The molecule has 0 N–H and O–H groups in total. The summed E-state index contributed by atoms with van der Waals surface area (Å²) in [5.74, 6) is -0.183. The molecular formula is C13H10ClF. The van der Waals surface area contributed by atoms with E-state index in [-0.39, 0.29) is 5.82 Å². The number of hydrogen-bond donors (Lipinski definition) is 0. The first-order valence-corrected chi connectivity index (χ1v) is 5.12. The summed E-state index contributed by atoms with van der Waals surface area (Å²) in [5.41, 5.74) is 1.62. The summed E-state index contributed by atoms with van der Waals surface area (Å²) < 4.78 is 13.4. The van der Waals surface area contributed by atoms with Crippen LogP contribution in [0.3, 0.4) is 0 Å². The van der Waals surface area contributed by atoms with Gasteiger partial charge in [-0.05, 0) is 23.3 Å². The van der Waals surface area contributed by atoms with Gasteiger partial charge in [0.05, 0.1) is 0 Å². The van der Waals surface area contributed by atoms with Crippen molar-refractivity contribution in [2.24, 2.45) is 0 Å². The van der Waals surface area contributed by atoms with Crippen molar-refractivity contribution < 1.29 is 4.39 Å². The van der Waals surface area contributed by atoms with Crippen molar-refractivity contribution in [2.45, 2.75) is 6.42 Å². The van der Waals surface area contributed by atoms with Gasteiger partial charge in [-0.3, -0.25) is 0 Å². The van der Waals surface area contributed by atoms with Gasteiger partial charge in [0.15, 0.2) is 0 Å². The van der Waals surface area contributed by atoms with Crippen LogP contribution in [0.15, 0.2) is 48.5 Å². The van der Waals surface area contributed by atoms with Crippen LogP contribution in [0.4, 0.5) is 4.39 Å². The predicted octanol–water partition coefficient (Wildman–Crippen LogP) is 4.07. The molecule has 2 aromatic rings. The van der Waals surface area contributed by atoms with Crippen LogP contribution in [0.1, 0.15) is 11.1 Å². The van der Waals surface area contributed by atoms with E-state index in [9.17, 15) is 4.39 Å². The highest BCUT2D eigenvalue weighted by molar-refractivity contribution is 6.31. The zero-order valence-corrected chi connectivity index (χ0v) is 8.84. The van der Waals surface area contributed by atoms with Crippen LogP contribution >= 0.6 is 11.6 Å². The van der Waals surface area contributed by atoms with Gasteiger partial charge >= 0.3 is 0 Å². The van der Waals surface area contributed by atoms with Crippen molar-refractivity contribution in [2.75, 3.05) is 0 Å². The fourth-order valence-corrected chi connectivity index (χ4v) is 1.69. The third-order valence-corrected chi connectivity index (χ3v) is 2.67. The Morgan fingerprint density at radius 3 is 2.13 bits per heavy atom. The van der Waals surface area contributed by atoms with E-state index < -0.39 is 0 Å². The number of benzene rings is 2. The lowest BCUT2D eigenvalue weighted by Gasteiger charge is -2.04. The topological polar surface area (TPSA) is 0 Å². The summed E-state index contributed by atoms with van der Waals surface area (Å²) in [6.45, 7) is 0. The van der Waals surface area contributed by atoms with Crippen molar-refractivity contribution in [1.29, 1.82) is 0 Å². The minimum atomic E-state index is -0.183. The number of rotatable bonds is 2. The van der Waals surface area contributed by atoms with Gasteiger partial charge in [-0.25, -0.2) is 4.39 Å². The van der Waals surface area contributed by atoms with Crippen LogP contribution in [-0.4, -0.2) is 0 Å². The van der Waals surface area contributed by atoms with Crippen molar-refractivity contribution in [3.63, 3.8) is 0 Å². The molecule has 0 radical (unpaired) electrons. The highest BCUT2D eigenvalue weighted by atomic mass is 35.5. The third kappa shape index (κ3) is 2.37. The average Bonchev–Trinajstić information content (AvgIpc) is 2.24. The third-order valence-electron chi connectivity index (χ3n) is 2.30. The smallest absolute Gasteiger partial charge is 0.126 e. The molecule has 2 heteroatoms. The van der Waals surface area contributed by atoms with E-state index in [1.165, 1.54) is 6.07 Å². The van der Waals surface area contributed by atoms with Crippen LogP contribution < -0.4 is 0 Å². The number of hydrogen-bond acceptors (Lipinski definition) is 0. The molecule has 0 saturated carbocycles. The molecule has 2 rings (SSSR count). The fraction of sp³-hybridized carbons (Fsp3) is 0.0769. The summed E-state index contributed by atoms with van der Waals surface area (Å²) in [6.07, 6.45) is 0.534. The zero-order valence-electron chi connectivity index (χ0n) is 8.08. The van der Waals surface area contributed by atoms with Crippen LogP contribution in [0.2, 0.25) is 5.02 Å².